The highest BCUT2D eigenvalue weighted by atomic mass is 35.5. The first-order valence-corrected chi connectivity index (χ1v) is 7.63. The number of alkyl halides is 1. The molecule has 1 aromatic rings. The van der Waals surface area contributed by atoms with Crippen molar-refractivity contribution < 1.29 is 0 Å². The van der Waals surface area contributed by atoms with Gasteiger partial charge in [-0.3, -0.25) is 0 Å². The van der Waals surface area contributed by atoms with Gasteiger partial charge < -0.3 is 4.90 Å². The zero-order valence-corrected chi connectivity index (χ0v) is 12.3. The van der Waals surface area contributed by atoms with Gasteiger partial charge in [0, 0.05) is 24.7 Å². The van der Waals surface area contributed by atoms with Gasteiger partial charge in [0.05, 0.1) is 0 Å². The van der Waals surface area contributed by atoms with Gasteiger partial charge in [-0.25, -0.2) is 0 Å². The standard InChI is InChI=1S/C16H24ClN/c1-13(7-9-17)8-10-18-12-14(2)11-15-5-3-4-6-16(15)18/h3-6,13-14H,7-12H2,1-2H3. The van der Waals surface area contributed by atoms with Crippen molar-refractivity contribution in [2.45, 2.75) is 33.1 Å². The van der Waals surface area contributed by atoms with Crippen molar-refractivity contribution in [3.8, 4) is 0 Å². The van der Waals surface area contributed by atoms with Gasteiger partial charge in [0.1, 0.15) is 0 Å². The van der Waals surface area contributed by atoms with Crippen molar-refractivity contribution in [2.24, 2.45) is 11.8 Å². The van der Waals surface area contributed by atoms with Gasteiger partial charge in [-0.2, -0.15) is 0 Å². The molecule has 1 aliphatic rings. The largest absolute Gasteiger partial charge is 0.371 e. The van der Waals surface area contributed by atoms with E-state index >= 15 is 0 Å². The number of hydrogen-bond acceptors (Lipinski definition) is 1. The highest BCUT2D eigenvalue weighted by molar-refractivity contribution is 6.17. The van der Waals surface area contributed by atoms with Crippen molar-refractivity contribution >= 4 is 17.3 Å². The van der Waals surface area contributed by atoms with Crippen LogP contribution in [-0.2, 0) is 6.42 Å². The Morgan fingerprint density at radius 3 is 2.89 bits per heavy atom. The van der Waals surface area contributed by atoms with Gasteiger partial charge in [0.25, 0.3) is 0 Å². The summed E-state index contributed by atoms with van der Waals surface area (Å²) in [5.41, 5.74) is 2.97. The molecule has 0 saturated heterocycles. The second-order valence-corrected chi connectivity index (χ2v) is 6.13. The molecule has 2 atom stereocenters. The number of para-hydroxylation sites is 1. The third kappa shape index (κ3) is 3.41. The summed E-state index contributed by atoms with van der Waals surface area (Å²) in [4.78, 5) is 2.56. The van der Waals surface area contributed by atoms with Gasteiger partial charge in [0.2, 0.25) is 0 Å². The fraction of sp³-hybridized carbons (Fsp3) is 0.625. The van der Waals surface area contributed by atoms with Gasteiger partial charge in [-0.1, -0.05) is 32.0 Å². The number of halogens is 1. The summed E-state index contributed by atoms with van der Waals surface area (Å²) < 4.78 is 0. The Morgan fingerprint density at radius 2 is 2.11 bits per heavy atom. The first-order valence-electron chi connectivity index (χ1n) is 7.09. The lowest BCUT2D eigenvalue weighted by atomic mass is 9.93. The maximum absolute atomic E-state index is 5.81. The lowest BCUT2D eigenvalue weighted by Crippen LogP contribution is -2.35. The summed E-state index contributed by atoms with van der Waals surface area (Å²) in [6, 6.07) is 8.86. The van der Waals surface area contributed by atoms with Gasteiger partial charge in [-0.15, -0.1) is 11.6 Å². The summed E-state index contributed by atoms with van der Waals surface area (Å²) in [7, 11) is 0. The molecule has 0 amide bonds. The Morgan fingerprint density at radius 1 is 1.33 bits per heavy atom. The number of anilines is 1. The molecule has 1 nitrogen and oxygen atoms in total. The predicted octanol–water partition coefficient (Wildman–Crippen LogP) is 4.34. The van der Waals surface area contributed by atoms with Crippen LogP contribution in [-0.4, -0.2) is 19.0 Å². The van der Waals surface area contributed by atoms with Crippen LogP contribution in [0.5, 0.6) is 0 Å². The summed E-state index contributed by atoms with van der Waals surface area (Å²) >= 11 is 5.81. The molecule has 2 rings (SSSR count). The van der Waals surface area contributed by atoms with Crippen LogP contribution in [0.3, 0.4) is 0 Å². The highest BCUT2D eigenvalue weighted by Crippen LogP contribution is 2.29. The Labute approximate surface area is 116 Å². The smallest absolute Gasteiger partial charge is 0.0398 e. The highest BCUT2D eigenvalue weighted by Gasteiger charge is 2.21. The van der Waals surface area contributed by atoms with E-state index in [1.807, 2.05) is 0 Å². The van der Waals surface area contributed by atoms with Crippen LogP contribution in [0.25, 0.3) is 0 Å². The van der Waals surface area contributed by atoms with E-state index in [0.29, 0.717) is 0 Å². The minimum absolute atomic E-state index is 0.729. The molecule has 0 radical (unpaired) electrons. The monoisotopic (exact) mass is 265 g/mol. The molecule has 0 saturated carbocycles. The average Bonchev–Trinajstić information content (AvgIpc) is 2.36. The summed E-state index contributed by atoms with van der Waals surface area (Å²) in [5, 5.41) is 0. The fourth-order valence-electron chi connectivity index (χ4n) is 2.83. The molecule has 2 heteroatoms. The van der Waals surface area contributed by atoms with Crippen LogP contribution in [0.1, 0.15) is 32.3 Å². The molecular formula is C16H24ClN. The Hall–Kier alpha value is -0.690. The Bertz CT molecular complexity index is 377. The molecule has 1 aromatic carbocycles. The van der Waals surface area contributed by atoms with Crippen molar-refractivity contribution in [2.75, 3.05) is 23.9 Å². The van der Waals surface area contributed by atoms with E-state index < -0.39 is 0 Å². The zero-order valence-electron chi connectivity index (χ0n) is 11.5. The number of nitrogens with zero attached hydrogens (tertiary/aromatic N) is 1. The van der Waals surface area contributed by atoms with Crippen LogP contribution in [0, 0.1) is 11.8 Å². The lowest BCUT2D eigenvalue weighted by molar-refractivity contribution is 0.477. The SMILES string of the molecule is CC(CCCl)CCN1CC(C)Cc2ccccc21. The molecular weight excluding hydrogens is 242 g/mol. The van der Waals surface area contributed by atoms with Crippen molar-refractivity contribution in [3.05, 3.63) is 29.8 Å². The second kappa shape index (κ2) is 6.47. The van der Waals surface area contributed by atoms with E-state index in [1.165, 1.54) is 37.2 Å². The van der Waals surface area contributed by atoms with Crippen LogP contribution < -0.4 is 4.90 Å². The third-order valence-corrected chi connectivity index (χ3v) is 4.14. The molecule has 18 heavy (non-hydrogen) atoms. The molecule has 1 aliphatic heterocycles. The summed E-state index contributed by atoms with van der Waals surface area (Å²) in [6.07, 6.45) is 3.60. The van der Waals surface area contributed by atoms with Gasteiger partial charge in [0.15, 0.2) is 0 Å². The quantitative estimate of drug-likeness (QED) is 0.716. The number of hydrogen-bond donors (Lipinski definition) is 0. The third-order valence-electron chi connectivity index (χ3n) is 3.93. The molecule has 0 fully saturated rings. The van der Waals surface area contributed by atoms with E-state index in [1.54, 1.807) is 0 Å². The zero-order chi connectivity index (χ0) is 13.0. The van der Waals surface area contributed by atoms with E-state index in [9.17, 15) is 0 Å². The van der Waals surface area contributed by atoms with E-state index in [2.05, 4.69) is 43.0 Å². The minimum atomic E-state index is 0.729. The first kappa shape index (κ1) is 13.7. The van der Waals surface area contributed by atoms with Crippen molar-refractivity contribution in [1.82, 2.24) is 0 Å². The molecule has 0 spiro atoms. The lowest BCUT2D eigenvalue weighted by Gasteiger charge is -2.35. The summed E-state index contributed by atoms with van der Waals surface area (Å²) in [6.45, 7) is 7.02. The first-order chi connectivity index (χ1) is 8.70. The van der Waals surface area contributed by atoms with E-state index in [4.69, 9.17) is 11.6 Å². The Balaban J connectivity index is 2.00. The predicted molar refractivity (Wildman–Crippen MR) is 80.6 cm³/mol. The van der Waals surface area contributed by atoms with E-state index in [-0.39, 0.29) is 0 Å². The molecule has 0 bridgehead atoms. The van der Waals surface area contributed by atoms with Crippen LogP contribution in [0.2, 0.25) is 0 Å². The maximum atomic E-state index is 5.81. The fourth-order valence-corrected chi connectivity index (χ4v) is 3.20. The molecule has 2 unspecified atom stereocenters. The summed E-state index contributed by atoms with van der Waals surface area (Å²) in [5.74, 6) is 2.28. The van der Waals surface area contributed by atoms with Gasteiger partial charge >= 0.3 is 0 Å². The van der Waals surface area contributed by atoms with Gasteiger partial charge in [-0.05, 0) is 42.7 Å². The Kier molecular flexibility index (Phi) is 4.94. The number of fused-ring (bicyclic) bond motifs is 1. The molecule has 0 aliphatic carbocycles. The van der Waals surface area contributed by atoms with Crippen LogP contribution >= 0.6 is 11.6 Å². The minimum Gasteiger partial charge on any atom is -0.371 e. The molecule has 0 aromatic heterocycles. The normalized spacial score (nSPS) is 20.6. The molecule has 0 N–H and O–H groups in total. The average molecular weight is 266 g/mol. The second-order valence-electron chi connectivity index (χ2n) is 5.76. The topological polar surface area (TPSA) is 3.24 Å². The number of benzene rings is 1. The van der Waals surface area contributed by atoms with Crippen molar-refractivity contribution in [1.29, 1.82) is 0 Å². The maximum Gasteiger partial charge on any atom is 0.0398 e. The molecule has 100 valence electrons. The van der Waals surface area contributed by atoms with Crippen LogP contribution in [0.15, 0.2) is 24.3 Å². The van der Waals surface area contributed by atoms with E-state index in [0.717, 1.165) is 24.1 Å². The van der Waals surface area contributed by atoms with Crippen LogP contribution in [0.4, 0.5) is 5.69 Å². The number of rotatable bonds is 5. The molecule has 1 heterocycles. The van der Waals surface area contributed by atoms with Crippen molar-refractivity contribution in [3.63, 3.8) is 0 Å².